The number of aryl methyl sites for hydroxylation is 1. The molecule has 3 nitrogen and oxygen atoms in total. The van der Waals surface area contributed by atoms with Crippen molar-refractivity contribution in [2.75, 3.05) is 6.54 Å². The molecule has 2 N–H and O–H groups in total. The van der Waals surface area contributed by atoms with Gasteiger partial charge in [0.15, 0.2) is 0 Å². The van der Waals surface area contributed by atoms with Crippen LogP contribution in [0.5, 0.6) is 0 Å². The van der Waals surface area contributed by atoms with E-state index in [1.807, 2.05) is 12.1 Å². The molecule has 2 aromatic rings. The highest BCUT2D eigenvalue weighted by Gasteiger charge is 2.26. The minimum atomic E-state index is -0.0623. The van der Waals surface area contributed by atoms with E-state index in [1.165, 1.54) is 10.9 Å². The zero-order chi connectivity index (χ0) is 13.2. The van der Waals surface area contributed by atoms with Crippen LogP contribution in [0.15, 0.2) is 28.7 Å². The van der Waals surface area contributed by atoms with Crippen LogP contribution >= 0.6 is 0 Å². The molecule has 1 aromatic carbocycles. The maximum Gasteiger partial charge on any atom is 0.134 e. The van der Waals surface area contributed by atoms with E-state index in [0.29, 0.717) is 5.92 Å². The van der Waals surface area contributed by atoms with Gasteiger partial charge in [0.1, 0.15) is 11.3 Å². The van der Waals surface area contributed by atoms with E-state index in [9.17, 15) is 5.11 Å². The van der Waals surface area contributed by atoms with Gasteiger partial charge in [0.2, 0.25) is 0 Å². The molecule has 1 fully saturated rings. The Hall–Kier alpha value is -1.32. The molecule has 1 heterocycles. The molecule has 0 spiro atoms. The molecule has 3 heteroatoms. The molecule has 0 aliphatic heterocycles. The Labute approximate surface area is 113 Å². The molecule has 19 heavy (non-hydrogen) atoms. The lowest BCUT2D eigenvalue weighted by molar-refractivity contribution is 0.0429. The molecule has 1 aliphatic carbocycles. The van der Waals surface area contributed by atoms with E-state index in [0.717, 1.165) is 43.7 Å². The summed E-state index contributed by atoms with van der Waals surface area (Å²) in [4.78, 5) is 0. The van der Waals surface area contributed by atoms with E-state index in [2.05, 4.69) is 24.4 Å². The summed E-state index contributed by atoms with van der Waals surface area (Å²) in [5, 5.41) is 14.0. The molecular formula is C16H21NO2. The van der Waals surface area contributed by atoms with Crippen molar-refractivity contribution in [2.24, 2.45) is 5.92 Å². The lowest BCUT2D eigenvalue weighted by Gasteiger charge is -2.31. The zero-order valence-corrected chi connectivity index (χ0v) is 11.4. The topological polar surface area (TPSA) is 45.4 Å². The van der Waals surface area contributed by atoms with Crippen molar-refractivity contribution >= 4 is 11.0 Å². The van der Waals surface area contributed by atoms with Gasteiger partial charge in [-0.2, -0.15) is 0 Å². The Morgan fingerprint density at radius 1 is 1.32 bits per heavy atom. The predicted octanol–water partition coefficient (Wildman–Crippen LogP) is 2.86. The molecule has 3 rings (SSSR count). The quantitative estimate of drug-likeness (QED) is 0.868. The second kappa shape index (κ2) is 5.35. The molecule has 1 aliphatic rings. The molecular weight excluding hydrogens is 238 g/mol. The van der Waals surface area contributed by atoms with Crippen LogP contribution in [0.4, 0.5) is 0 Å². The van der Waals surface area contributed by atoms with Gasteiger partial charge >= 0.3 is 0 Å². The van der Waals surface area contributed by atoms with Crippen molar-refractivity contribution in [3.63, 3.8) is 0 Å². The highest BCUT2D eigenvalue weighted by Crippen LogP contribution is 2.28. The number of hydrogen-bond donors (Lipinski definition) is 2. The summed E-state index contributed by atoms with van der Waals surface area (Å²) < 4.78 is 5.88. The summed E-state index contributed by atoms with van der Waals surface area (Å²) in [6.45, 7) is 3.97. The second-order valence-electron chi connectivity index (χ2n) is 5.48. The fraction of sp³-hybridized carbons (Fsp3) is 0.500. The van der Waals surface area contributed by atoms with Crippen LogP contribution in [0.2, 0.25) is 0 Å². The fourth-order valence-corrected chi connectivity index (χ4v) is 2.90. The molecule has 1 aromatic heterocycles. The largest absolute Gasteiger partial charge is 0.461 e. The van der Waals surface area contributed by atoms with Crippen LogP contribution in [0.1, 0.15) is 31.1 Å². The number of fused-ring (bicyclic) bond motifs is 1. The SMILES string of the molecule is CCc1oc2ccccc2c1CNCC1CC(O)C1. The van der Waals surface area contributed by atoms with E-state index in [-0.39, 0.29) is 6.10 Å². The number of hydrogen-bond acceptors (Lipinski definition) is 3. The third kappa shape index (κ3) is 2.53. The van der Waals surface area contributed by atoms with E-state index in [4.69, 9.17) is 4.42 Å². The van der Waals surface area contributed by atoms with Crippen molar-refractivity contribution in [2.45, 2.75) is 38.8 Å². The second-order valence-corrected chi connectivity index (χ2v) is 5.48. The number of rotatable bonds is 5. The first-order chi connectivity index (χ1) is 9.28. The van der Waals surface area contributed by atoms with Gasteiger partial charge in [0.05, 0.1) is 6.10 Å². The summed E-state index contributed by atoms with van der Waals surface area (Å²) in [7, 11) is 0. The van der Waals surface area contributed by atoms with Gasteiger partial charge in [-0.1, -0.05) is 25.1 Å². The molecule has 102 valence electrons. The van der Waals surface area contributed by atoms with Gasteiger partial charge < -0.3 is 14.8 Å². The van der Waals surface area contributed by atoms with Crippen molar-refractivity contribution < 1.29 is 9.52 Å². The minimum absolute atomic E-state index is 0.0623. The number of para-hydroxylation sites is 1. The average molecular weight is 259 g/mol. The first-order valence-corrected chi connectivity index (χ1v) is 7.16. The monoisotopic (exact) mass is 259 g/mol. The van der Waals surface area contributed by atoms with E-state index in [1.54, 1.807) is 0 Å². The molecule has 0 atom stereocenters. The Bertz CT molecular complexity index is 555. The number of nitrogens with one attached hydrogen (secondary N) is 1. The Kier molecular flexibility index (Phi) is 3.58. The summed E-state index contributed by atoms with van der Waals surface area (Å²) in [5.74, 6) is 1.72. The normalized spacial score (nSPS) is 22.6. The van der Waals surface area contributed by atoms with Crippen LogP contribution in [0, 0.1) is 5.92 Å². The maximum atomic E-state index is 9.28. The zero-order valence-electron chi connectivity index (χ0n) is 11.4. The van der Waals surface area contributed by atoms with Gasteiger partial charge in [0.25, 0.3) is 0 Å². The summed E-state index contributed by atoms with van der Waals surface area (Å²) in [6.07, 6.45) is 2.75. The van der Waals surface area contributed by atoms with Gasteiger partial charge in [0, 0.05) is 23.9 Å². The van der Waals surface area contributed by atoms with Crippen LogP contribution in [0.25, 0.3) is 11.0 Å². The Morgan fingerprint density at radius 2 is 2.11 bits per heavy atom. The van der Waals surface area contributed by atoms with Crippen LogP contribution in [0.3, 0.4) is 0 Å². The Balaban J connectivity index is 1.69. The lowest BCUT2D eigenvalue weighted by Crippen LogP contribution is -2.35. The van der Waals surface area contributed by atoms with Crippen molar-refractivity contribution in [3.8, 4) is 0 Å². The summed E-state index contributed by atoms with van der Waals surface area (Å²) in [6, 6.07) is 8.23. The van der Waals surface area contributed by atoms with E-state index < -0.39 is 0 Å². The Morgan fingerprint density at radius 3 is 2.84 bits per heavy atom. The first-order valence-electron chi connectivity index (χ1n) is 7.16. The molecule has 0 unspecified atom stereocenters. The fourth-order valence-electron chi connectivity index (χ4n) is 2.90. The van der Waals surface area contributed by atoms with Crippen LogP contribution in [-0.2, 0) is 13.0 Å². The number of furan rings is 1. The van der Waals surface area contributed by atoms with Crippen LogP contribution < -0.4 is 5.32 Å². The van der Waals surface area contributed by atoms with Gasteiger partial charge in [-0.3, -0.25) is 0 Å². The minimum Gasteiger partial charge on any atom is -0.461 e. The number of aliphatic hydroxyl groups excluding tert-OH is 1. The van der Waals surface area contributed by atoms with Gasteiger partial charge in [-0.25, -0.2) is 0 Å². The molecule has 0 bridgehead atoms. The third-order valence-electron chi connectivity index (χ3n) is 4.05. The molecule has 0 saturated heterocycles. The third-order valence-corrected chi connectivity index (χ3v) is 4.05. The highest BCUT2D eigenvalue weighted by molar-refractivity contribution is 5.82. The van der Waals surface area contributed by atoms with Crippen molar-refractivity contribution in [1.82, 2.24) is 5.32 Å². The lowest BCUT2D eigenvalue weighted by atomic mass is 9.82. The number of benzene rings is 1. The van der Waals surface area contributed by atoms with Gasteiger partial charge in [-0.05, 0) is 31.4 Å². The maximum absolute atomic E-state index is 9.28. The van der Waals surface area contributed by atoms with Gasteiger partial charge in [-0.15, -0.1) is 0 Å². The van der Waals surface area contributed by atoms with Crippen molar-refractivity contribution in [1.29, 1.82) is 0 Å². The molecule has 0 amide bonds. The highest BCUT2D eigenvalue weighted by atomic mass is 16.3. The van der Waals surface area contributed by atoms with Crippen LogP contribution in [-0.4, -0.2) is 17.8 Å². The number of aliphatic hydroxyl groups is 1. The van der Waals surface area contributed by atoms with Crippen molar-refractivity contribution in [3.05, 3.63) is 35.6 Å². The average Bonchev–Trinajstić information content (AvgIpc) is 2.75. The standard InChI is InChI=1S/C16H21NO2/c1-2-15-14(10-17-9-11-7-12(18)8-11)13-5-3-4-6-16(13)19-15/h3-6,11-12,17-18H,2,7-10H2,1H3. The first kappa shape index (κ1) is 12.7. The molecule has 1 saturated carbocycles. The summed E-state index contributed by atoms with van der Waals surface area (Å²) >= 11 is 0. The smallest absolute Gasteiger partial charge is 0.134 e. The van der Waals surface area contributed by atoms with E-state index >= 15 is 0 Å². The molecule has 0 radical (unpaired) electrons. The summed E-state index contributed by atoms with van der Waals surface area (Å²) in [5.41, 5.74) is 2.27. The predicted molar refractivity (Wildman–Crippen MR) is 76.0 cm³/mol.